The van der Waals surface area contributed by atoms with Crippen molar-refractivity contribution in [1.29, 1.82) is 0 Å². The third-order valence-corrected chi connectivity index (χ3v) is 13.8. The van der Waals surface area contributed by atoms with Crippen LogP contribution in [0.3, 0.4) is 0 Å². The highest BCUT2D eigenvalue weighted by Crippen LogP contribution is 2.56. The summed E-state index contributed by atoms with van der Waals surface area (Å²) in [6.45, 7) is 11.7. The second-order valence-electron chi connectivity index (χ2n) is 20.1. The van der Waals surface area contributed by atoms with E-state index in [4.69, 9.17) is 39.6 Å². The number of hydrogen-bond donors (Lipinski definition) is 6. The minimum atomic E-state index is -1.43. The lowest BCUT2D eigenvalue weighted by Gasteiger charge is -2.37. The molecule has 84 heavy (non-hydrogen) atoms. The lowest BCUT2D eigenvalue weighted by atomic mass is 9.77. The number of carbonyl (C=O) groups is 6. The zero-order valence-electron chi connectivity index (χ0n) is 46.7. The van der Waals surface area contributed by atoms with Crippen LogP contribution in [0.25, 0.3) is 11.0 Å². The molecule has 1 spiro atoms. The van der Waals surface area contributed by atoms with Gasteiger partial charge in [-0.1, -0.05) is 118 Å². The van der Waals surface area contributed by atoms with Gasteiger partial charge in [-0.3, -0.25) is 14.4 Å². The molecule has 2 unspecified atom stereocenters. The molecule has 2 aliphatic heterocycles. The fourth-order valence-corrected chi connectivity index (χ4v) is 9.80. The Morgan fingerprint density at radius 1 is 0.595 bits per heavy atom. The molecule has 2 amide bonds. The first-order chi connectivity index (χ1) is 40.5. The smallest absolute Gasteiger partial charge is 0.413 e. The highest BCUT2D eigenvalue weighted by molar-refractivity contribution is 5.97. The van der Waals surface area contributed by atoms with Gasteiger partial charge in [-0.15, -0.1) is 0 Å². The lowest BCUT2D eigenvalue weighted by molar-refractivity contribution is -0.134. The van der Waals surface area contributed by atoms with E-state index in [1.165, 1.54) is 6.07 Å². The van der Waals surface area contributed by atoms with Gasteiger partial charge in [0.25, 0.3) is 0 Å². The summed E-state index contributed by atoms with van der Waals surface area (Å²) < 4.78 is 34.1. The van der Waals surface area contributed by atoms with Crippen molar-refractivity contribution in [1.82, 2.24) is 21.3 Å². The molecule has 6 aromatic carbocycles. The van der Waals surface area contributed by atoms with Crippen LogP contribution in [0.2, 0.25) is 0 Å². The summed E-state index contributed by atoms with van der Waals surface area (Å²) in [5, 5.41) is 12.0. The molecule has 3 heterocycles. The van der Waals surface area contributed by atoms with Gasteiger partial charge in [-0.05, 0) is 97.5 Å². The molecule has 19 heteroatoms. The number of unbranched alkanes of at least 4 members (excludes halogenated alkanes) is 3. The maximum Gasteiger partial charge on any atom is 0.413 e. The number of para-hydroxylation sites is 2. The number of carbonyl (C=O) groups excluding carboxylic acids is 6. The third-order valence-electron chi connectivity index (χ3n) is 13.8. The summed E-state index contributed by atoms with van der Waals surface area (Å²) in [6.07, 6.45) is 3.07. The predicted octanol–water partition coefficient (Wildman–Crippen LogP) is 9.59. The zero-order valence-corrected chi connectivity index (χ0v) is 46.7. The van der Waals surface area contributed by atoms with Crippen LogP contribution >= 0.6 is 0 Å². The van der Waals surface area contributed by atoms with Crippen molar-refractivity contribution in [2.24, 2.45) is 11.5 Å². The molecule has 0 aliphatic carbocycles. The van der Waals surface area contributed by atoms with Crippen molar-refractivity contribution < 1.29 is 56.9 Å². The number of ketones is 2. The van der Waals surface area contributed by atoms with Crippen molar-refractivity contribution in [3.63, 3.8) is 0 Å². The number of ether oxygens (including phenoxy) is 5. The summed E-state index contributed by atoms with van der Waals surface area (Å²) in [7, 11) is 0. The number of esters is 2. The number of fused-ring (bicyclic) bond motifs is 7. The van der Waals surface area contributed by atoms with E-state index in [-0.39, 0.29) is 68.0 Å². The largest absolute Gasteiger partial charge is 0.456 e. The van der Waals surface area contributed by atoms with Crippen LogP contribution in [0.15, 0.2) is 180 Å². The SMILES string of the molecule is C=C(N)NCCC(NC(=O)Oc1ccccc1)C(=O)Cc1ccc2c(c1)Oc1cc(CC(=O)C(CCNC(=C)N)NC(=O)Oc3ccccc3)ccc1C21OC(=O)c2ccccc21.CCCCCCC(=O)Oc1ccc2c(C)cc(=O)oc2c1. The summed E-state index contributed by atoms with van der Waals surface area (Å²) in [5.41, 5.74) is 14.0. The Labute approximate surface area is 485 Å². The Morgan fingerprint density at radius 2 is 1.13 bits per heavy atom. The van der Waals surface area contributed by atoms with Gasteiger partial charge in [-0.25, -0.2) is 19.2 Å². The first-order valence-electron chi connectivity index (χ1n) is 27.5. The van der Waals surface area contributed by atoms with Crippen molar-refractivity contribution in [3.8, 4) is 28.7 Å². The monoisotopic (exact) mass is 1140 g/mol. The van der Waals surface area contributed by atoms with Crippen molar-refractivity contribution in [3.05, 3.63) is 220 Å². The van der Waals surface area contributed by atoms with Crippen molar-refractivity contribution in [2.75, 3.05) is 13.1 Å². The first-order valence-corrected chi connectivity index (χ1v) is 27.5. The summed E-state index contributed by atoms with van der Waals surface area (Å²) in [6, 6.07) is 39.0. The third kappa shape index (κ3) is 15.4. The molecule has 19 nitrogen and oxygen atoms in total. The topological polar surface area (TPSA) is 279 Å². The van der Waals surface area contributed by atoms with Crippen LogP contribution in [-0.2, 0) is 37.6 Å². The molecule has 2 aliphatic rings. The average molecular weight is 1140 g/mol. The van der Waals surface area contributed by atoms with E-state index in [2.05, 4.69) is 41.3 Å². The van der Waals surface area contributed by atoms with Gasteiger partial charge in [0.05, 0.1) is 29.3 Å². The number of Topliss-reactive ketones (excluding diaryl/α,β-unsaturated/α-hetero) is 2. The molecule has 434 valence electrons. The maximum atomic E-state index is 13.9. The number of rotatable bonds is 24. The number of nitrogens with two attached hydrogens (primary N) is 2. The molecule has 1 aromatic heterocycles. The van der Waals surface area contributed by atoms with Gasteiger partial charge >= 0.3 is 29.8 Å². The molecular weight excluding hydrogens is 1070 g/mol. The van der Waals surface area contributed by atoms with E-state index in [9.17, 15) is 33.6 Å². The van der Waals surface area contributed by atoms with Gasteiger partial charge in [0.2, 0.25) is 0 Å². The van der Waals surface area contributed by atoms with Crippen LogP contribution in [0.4, 0.5) is 9.59 Å². The molecule has 2 atom stereocenters. The van der Waals surface area contributed by atoms with E-state index in [0.717, 1.165) is 36.6 Å². The number of aryl methyl sites for hydroxylation is 1. The molecule has 0 saturated heterocycles. The van der Waals surface area contributed by atoms with Crippen LogP contribution in [0, 0.1) is 6.92 Å². The Morgan fingerprint density at radius 3 is 1.67 bits per heavy atom. The number of benzene rings is 6. The minimum absolute atomic E-state index is 0.116. The van der Waals surface area contributed by atoms with Gasteiger partial charge in [0, 0.05) is 66.6 Å². The Kier molecular flexibility index (Phi) is 20.0. The van der Waals surface area contributed by atoms with E-state index in [1.54, 1.807) is 127 Å². The molecule has 9 rings (SSSR count). The van der Waals surface area contributed by atoms with E-state index >= 15 is 0 Å². The molecule has 8 N–H and O–H groups in total. The molecule has 0 radical (unpaired) electrons. The number of nitrogens with one attached hydrogen (secondary N) is 4. The zero-order chi connectivity index (χ0) is 59.8. The predicted molar refractivity (Wildman–Crippen MR) is 314 cm³/mol. The van der Waals surface area contributed by atoms with Crippen LogP contribution in [-0.4, -0.2) is 60.9 Å². The van der Waals surface area contributed by atoms with Crippen molar-refractivity contribution in [2.45, 2.75) is 89.3 Å². The van der Waals surface area contributed by atoms with Gasteiger partial charge in [0.1, 0.15) is 34.3 Å². The van der Waals surface area contributed by atoms with Gasteiger partial charge < -0.3 is 60.8 Å². The molecule has 0 saturated carbocycles. The quantitative estimate of drug-likeness (QED) is 0.0142. The van der Waals surface area contributed by atoms with E-state index < -0.39 is 41.5 Å². The van der Waals surface area contributed by atoms with Crippen LogP contribution < -0.4 is 57.3 Å². The van der Waals surface area contributed by atoms with E-state index in [0.29, 0.717) is 74.1 Å². The van der Waals surface area contributed by atoms with Crippen LogP contribution in [0.1, 0.15) is 95.6 Å². The van der Waals surface area contributed by atoms with Gasteiger partial charge in [0.15, 0.2) is 17.2 Å². The Hall–Kier alpha value is -10.2. The Balaban J connectivity index is 0.000000368. The Bertz CT molecular complexity index is 3500. The number of amides is 2. The number of hydrogen-bond acceptors (Lipinski definition) is 17. The first kappa shape index (κ1) is 59.9. The molecular formula is C65H66N6O13. The van der Waals surface area contributed by atoms with Gasteiger partial charge in [-0.2, -0.15) is 0 Å². The second kappa shape index (κ2) is 28.0. The maximum absolute atomic E-state index is 13.9. The minimum Gasteiger partial charge on any atom is -0.456 e. The molecule has 0 bridgehead atoms. The van der Waals surface area contributed by atoms with Crippen LogP contribution in [0.5, 0.6) is 28.7 Å². The normalized spacial score (nSPS) is 14.0. The standard InChI is InChI=1S/C48H46N6O9.C17H20O4/c1-29(49)51-23-21-39(53-46(58)60-33-11-5-3-6-12-33)41(55)25-31-17-19-37-43(27-31)62-44-28-32(18-20-38(44)48(37)36-16-10-9-15-35(36)45(57)63-48)26-42(56)40(22-24-52-30(2)50)54-47(59)61-34-13-7-4-8-14-34;1-3-4-5-6-7-16(18)20-13-8-9-14-12(2)10-17(19)21-15(14)11-13/h3-20,27-28,39-40,51-52H,1-2,21-26,49-50H2,(H,53,58)(H,54,59);8-11H,3-7H2,1-2H3. The van der Waals surface area contributed by atoms with Crippen molar-refractivity contribution >= 4 is 46.7 Å². The average Bonchev–Trinajstić information content (AvgIpc) is 1.45. The molecule has 0 fully saturated rings. The highest BCUT2D eigenvalue weighted by Gasteiger charge is 2.53. The highest BCUT2D eigenvalue weighted by atomic mass is 16.6. The fraction of sp³-hybridized carbons (Fsp3) is 0.246. The summed E-state index contributed by atoms with van der Waals surface area (Å²) >= 11 is 0. The molecule has 7 aromatic rings. The van der Waals surface area contributed by atoms with E-state index in [1.807, 2.05) is 19.1 Å². The fourth-order valence-electron chi connectivity index (χ4n) is 9.80. The summed E-state index contributed by atoms with van der Waals surface area (Å²) in [4.78, 5) is 90.3. The lowest BCUT2D eigenvalue weighted by Crippen LogP contribution is -2.44. The summed E-state index contributed by atoms with van der Waals surface area (Å²) in [5.74, 6) is 0.649. The second-order valence-corrected chi connectivity index (χ2v) is 20.1.